The molecule has 0 aliphatic carbocycles. The second-order valence-electron chi connectivity index (χ2n) is 4.94. The molecule has 0 atom stereocenters. The van der Waals surface area contributed by atoms with Crippen LogP contribution in [0.2, 0.25) is 0 Å². The van der Waals surface area contributed by atoms with Gasteiger partial charge in [-0.3, -0.25) is 0 Å². The van der Waals surface area contributed by atoms with E-state index in [4.69, 9.17) is 29.9 Å². The summed E-state index contributed by atoms with van der Waals surface area (Å²) in [5, 5.41) is 10.5. The highest BCUT2D eigenvalue weighted by Gasteiger charge is 2.04. The van der Waals surface area contributed by atoms with Gasteiger partial charge < -0.3 is 24.7 Å². The third kappa shape index (κ3) is 6.39. The Hall–Kier alpha value is -2.56. The number of methoxy groups -OCH3 is 4. The molecule has 0 saturated carbocycles. The molecule has 2 aromatic carbocycles. The molecule has 26 heavy (non-hydrogen) atoms. The maximum atomic E-state index is 8.44. The molecule has 2 N–H and O–H groups in total. The summed E-state index contributed by atoms with van der Waals surface area (Å²) in [7, 11) is 6.46. The molecule has 0 aromatic heterocycles. The van der Waals surface area contributed by atoms with Crippen molar-refractivity contribution in [3.63, 3.8) is 0 Å². The van der Waals surface area contributed by atoms with Gasteiger partial charge in [-0.05, 0) is 23.9 Å². The Labute approximate surface area is 158 Å². The van der Waals surface area contributed by atoms with E-state index in [1.807, 2.05) is 41.8 Å². The average Bonchev–Trinajstić information content (AvgIpc) is 2.71. The fraction of sp³-hybridized carbons (Fsp3) is 0.316. The molecule has 0 aliphatic heterocycles. The van der Waals surface area contributed by atoms with E-state index in [0.717, 1.165) is 34.1 Å². The predicted octanol–water partition coefficient (Wildman–Crippen LogP) is 3.58. The first-order valence-electron chi connectivity index (χ1n) is 7.76. The van der Waals surface area contributed by atoms with Crippen molar-refractivity contribution in [2.75, 3.05) is 28.4 Å². The summed E-state index contributed by atoms with van der Waals surface area (Å²) in [5.74, 6) is 3.70. The fourth-order valence-corrected chi connectivity index (χ4v) is 2.56. The Balaban J connectivity index is 0.000000263. The van der Waals surface area contributed by atoms with Crippen LogP contribution >= 0.6 is 11.8 Å². The number of ether oxygens (including phenoxy) is 4. The summed E-state index contributed by atoms with van der Waals surface area (Å²) in [6, 6.07) is 11.2. The van der Waals surface area contributed by atoms with Crippen LogP contribution in [0.25, 0.3) is 0 Å². The number of thioether (sulfide) groups is 1. The van der Waals surface area contributed by atoms with E-state index >= 15 is 0 Å². The number of nitriles is 1. The van der Waals surface area contributed by atoms with Crippen LogP contribution in [0.3, 0.4) is 0 Å². The van der Waals surface area contributed by atoms with Crippen molar-refractivity contribution in [3.8, 4) is 28.4 Å². The largest absolute Gasteiger partial charge is 0.497 e. The van der Waals surface area contributed by atoms with E-state index in [1.165, 1.54) is 11.8 Å². The molecule has 2 rings (SSSR count). The van der Waals surface area contributed by atoms with Gasteiger partial charge in [-0.2, -0.15) is 5.26 Å². The lowest BCUT2D eigenvalue weighted by molar-refractivity contribution is 0.391. The van der Waals surface area contributed by atoms with Crippen molar-refractivity contribution < 1.29 is 18.9 Å². The highest BCUT2D eigenvalue weighted by molar-refractivity contribution is 8.02. The van der Waals surface area contributed by atoms with Crippen molar-refractivity contribution in [3.05, 3.63) is 47.5 Å². The van der Waals surface area contributed by atoms with Crippen LogP contribution in [-0.4, -0.2) is 28.4 Å². The lowest BCUT2D eigenvalue weighted by atomic mass is 10.2. The Kier molecular flexibility index (Phi) is 9.83. The normalized spacial score (nSPS) is 9.38. The molecule has 2 aromatic rings. The molecule has 140 valence electrons. The number of benzene rings is 2. The summed E-state index contributed by atoms with van der Waals surface area (Å²) in [4.78, 5) is 0. The van der Waals surface area contributed by atoms with E-state index in [1.54, 1.807) is 28.4 Å². The minimum Gasteiger partial charge on any atom is -0.497 e. The molecular formula is C19H24N2O4S. The van der Waals surface area contributed by atoms with E-state index < -0.39 is 0 Å². The van der Waals surface area contributed by atoms with Gasteiger partial charge >= 0.3 is 0 Å². The molecular weight excluding hydrogens is 352 g/mol. The summed E-state index contributed by atoms with van der Waals surface area (Å²) < 4.78 is 20.4. The van der Waals surface area contributed by atoms with E-state index in [0.29, 0.717) is 12.3 Å². The second kappa shape index (κ2) is 11.9. The van der Waals surface area contributed by atoms with Gasteiger partial charge in [0.2, 0.25) is 0 Å². The highest BCUT2D eigenvalue weighted by Crippen LogP contribution is 2.27. The Morgan fingerprint density at radius 3 is 1.77 bits per heavy atom. The maximum absolute atomic E-state index is 8.44. The summed E-state index contributed by atoms with van der Waals surface area (Å²) >= 11 is 1.19. The van der Waals surface area contributed by atoms with Gasteiger partial charge in [0.05, 0.1) is 28.4 Å². The molecule has 0 unspecified atom stereocenters. The summed E-state index contributed by atoms with van der Waals surface area (Å²) in [5.41, 5.74) is 7.48. The molecule has 0 spiro atoms. The van der Waals surface area contributed by atoms with E-state index in [9.17, 15) is 0 Å². The van der Waals surface area contributed by atoms with Crippen LogP contribution in [0.4, 0.5) is 0 Å². The standard InChI is InChI=1S/C10H11NO2S.C9H13NO2/c1-12-9-4-3-8(6-14-7-11)10(5-9)13-2;1-11-8-4-3-7(6-10)9(5-8)12-2/h3-5H,6H2,1-2H3;3-5H,6,10H2,1-2H3. The van der Waals surface area contributed by atoms with Crippen LogP contribution < -0.4 is 24.7 Å². The molecule has 0 saturated heterocycles. The van der Waals surface area contributed by atoms with Crippen LogP contribution in [0.5, 0.6) is 23.0 Å². The van der Waals surface area contributed by atoms with E-state index in [2.05, 4.69) is 0 Å². The molecule has 6 nitrogen and oxygen atoms in total. The zero-order chi connectivity index (χ0) is 19.4. The third-order valence-corrected chi connectivity index (χ3v) is 4.09. The first-order valence-corrected chi connectivity index (χ1v) is 8.74. The minimum absolute atomic E-state index is 0.479. The van der Waals surface area contributed by atoms with Gasteiger partial charge in [0.1, 0.15) is 28.4 Å². The Bertz CT molecular complexity index is 732. The lowest BCUT2D eigenvalue weighted by Crippen LogP contribution is -1.99. The Morgan fingerprint density at radius 2 is 1.35 bits per heavy atom. The van der Waals surface area contributed by atoms with Crippen LogP contribution in [0.1, 0.15) is 11.1 Å². The van der Waals surface area contributed by atoms with Crippen molar-refractivity contribution in [2.45, 2.75) is 12.3 Å². The van der Waals surface area contributed by atoms with Gasteiger partial charge in [-0.1, -0.05) is 12.1 Å². The monoisotopic (exact) mass is 376 g/mol. The van der Waals surface area contributed by atoms with Crippen LogP contribution in [0, 0.1) is 10.7 Å². The van der Waals surface area contributed by atoms with Crippen molar-refractivity contribution in [1.29, 1.82) is 5.26 Å². The molecule has 0 fully saturated rings. The smallest absolute Gasteiger partial charge is 0.133 e. The van der Waals surface area contributed by atoms with Gasteiger partial charge in [-0.15, -0.1) is 0 Å². The molecule has 0 radical (unpaired) electrons. The molecule has 0 aliphatic rings. The lowest BCUT2D eigenvalue weighted by Gasteiger charge is -2.08. The van der Waals surface area contributed by atoms with Gasteiger partial charge in [0.15, 0.2) is 0 Å². The topological polar surface area (TPSA) is 86.7 Å². The van der Waals surface area contributed by atoms with Gasteiger partial charge in [0.25, 0.3) is 0 Å². The first kappa shape index (κ1) is 21.5. The molecule has 0 heterocycles. The third-order valence-electron chi connectivity index (χ3n) is 3.50. The zero-order valence-corrected chi connectivity index (χ0v) is 16.3. The highest BCUT2D eigenvalue weighted by atomic mass is 32.2. The number of hydrogen-bond donors (Lipinski definition) is 1. The van der Waals surface area contributed by atoms with Crippen LogP contribution in [0.15, 0.2) is 36.4 Å². The second-order valence-corrected chi connectivity index (χ2v) is 5.70. The predicted molar refractivity (Wildman–Crippen MR) is 104 cm³/mol. The number of nitrogens with two attached hydrogens (primary N) is 1. The fourth-order valence-electron chi connectivity index (χ4n) is 2.10. The first-order chi connectivity index (χ1) is 12.6. The van der Waals surface area contributed by atoms with E-state index in [-0.39, 0.29) is 0 Å². The van der Waals surface area contributed by atoms with Gasteiger partial charge in [-0.25, -0.2) is 0 Å². The quantitative estimate of drug-likeness (QED) is 0.739. The number of nitrogens with zero attached hydrogens (tertiary/aromatic N) is 1. The molecule has 0 bridgehead atoms. The minimum atomic E-state index is 0.479. The SMILES string of the molecule is COc1ccc(CN)c(OC)c1.COc1ccc(CSC#N)c(OC)c1. The molecule has 0 amide bonds. The summed E-state index contributed by atoms with van der Waals surface area (Å²) in [6.45, 7) is 0.479. The maximum Gasteiger partial charge on any atom is 0.133 e. The molecule has 7 heteroatoms. The van der Waals surface area contributed by atoms with Crippen molar-refractivity contribution in [2.24, 2.45) is 5.73 Å². The van der Waals surface area contributed by atoms with Crippen molar-refractivity contribution >= 4 is 11.8 Å². The number of rotatable bonds is 7. The summed E-state index contributed by atoms with van der Waals surface area (Å²) in [6.07, 6.45) is 0. The van der Waals surface area contributed by atoms with Crippen LogP contribution in [-0.2, 0) is 12.3 Å². The average molecular weight is 376 g/mol. The van der Waals surface area contributed by atoms with Crippen molar-refractivity contribution in [1.82, 2.24) is 0 Å². The Morgan fingerprint density at radius 1 is 0.846 bits per heavy atom. The van der Waals surface area contributed by atoms with Gasteiger partial charge in [0, 0.05) is 35.6 Å². The number of thiocyanates is 1. The zero-order valence-electron chi connectivity index (χ0n) is 15.4. The number of hydrogen-bond acceptors (Lipinski definition) is 7.